The van der Waals surface area contributed by atoms with E-state index >= 15 is 0 Å². The molecule has 2 rings (SSSR count). The highest BCUT2D eigenvalue weighted by Crippen LogP contribution is 2.27. The number of hydrogen-bond donors (Lipinski definition) is 0. The van der Waals surface area contributed by atoms with Gasteiger partial charge in [0.1, 0.15) is 0 Å². The molecule has 0 spiro atoms. The lowest BCUT2D eigenvalue weighted by atomic mass is 10.2. The average molecular weight is 264 g/mol. The van der Waals surface area contributed by atoms with E-state index in [0.29, 0.717) is 16.6 Å². The standard InChI is InChI=1S/C11H9Cl2F2N/c12-9-1-2-10(13)8(5-9)6-16-4-3-11(14,15)7-16/h1-5H,6-7H2. The predicted molar refractivity (Wildman–Crippen MR) is 61.0 cm³/mol. The molecule has 1 aromatic carbocycles. The third kappa shape index (κ3) is 2.66. The van der Waals surface area contributed by atoms with Gasteiger partial charge in [0.25, 0.3) is 5.92 Å². The second-order valence-electron chi connectivity index (χ2n) is 3.72. The summed E-state index contributed by atoms with van der Waals surface area (Å²) in [4.78, 5) is 1.51. The minimum absolute atomic E-state index is 0.310. The van der Waals surface area contributed by atoms with Gasteiger partial charge < -0.3 is 4.90 Å². The van der Waals surface area contributed by atoms with Gasteiger partial charge in [0.05, 0.1) is 6.54 Å². The van der Waals surface area contributed by atoms with E-state index in [-0.39, 0.29) is 6.54 Å². The molecule has 0 saturated heterocycles. The van der Waals surface area contributed by atoms with Crippen molar-refractivity contribution in [3.8, 4) is 0 Å². The zero-order valence-electron chi connectivity index (χ0n) is 8.26. The van der Waals surface area contributed by atoms with Crippen molar-refractivity contribution in [2.45, 2.75) is 12.5 Å². The first-order chi connectivity index (χ1) is 7.46. The maximum absolute atomic E-state index is 12.9. The van der Waals surface area contributed by atoms with Crippen molar-refractivity contribution in [2.24, 2.45) is 0 Å². The molecule has 0 aliphatic carbocycles. The van der Waals surface area contributed by atoms with Gasteiger partial charge in [-0.25, -0.2) is 0 Å². The summed E-state index contributed by atoms with van der Waals surface area (Å²) in [6.45, 7) is 0.0291. The predicted octanol–water partition coefficient (Wildman–Crippen LogP) is 3.96. The molecular formula is C11H9Cl2F2N. The molecule has 16 heavy (non-hydrogen) atoms. The number of benzene rings is 1. The fourth-order valence-electron chi connectivity index (χ4n) is 1.58. The van der Waals surface area contributed by atoms with Crippen LogP contribution in [0, 0.1) is 0 Å². The lowest BCUT2D eigenvalue weighted by Gasteiger charge is -2.18. The van der Waals surface area contributed by atoms with Crippen molar-refractivity contribution in [1.29, 1.82) is 0 Å². The number of rotatable bonds is 2. The Bertz CT molecular complexity index is 432. The summed E-state index contributed by atoms with van der Waals surface area (Å²) in [5.41, 5.74) is 0.747. The summed E-state index contributed by atoms with van der Waals surface area (Å²) in [5, 5.41) is 1.09. The van der Waals surface area contributed by atoms with Crippen molar-refractivity contribution in [3.63, 3.8) is 0 Å². The van der Waals surface area contributed by atoms with Gasteiger partial charge in [-0.2, -0.15) is 8.78 Å². The molecule has 1 aromatic rings. The van der Waals surface area contributed by atoms with Crippen molar-refractivity contribution < 1.29 is 8.78 Å². The molecule has 0 saturated carbocycles. The average Bonchev–Trinajstić information content (AvgIpc) is 2.52. The Kier molecular flexibility index (Phi) is 3.08. The molecule has 0 bridgehead atoms. The van der Waals surface area contributed by atoms with Crippen LogP contribution in [0.15, 0.2) is 30.5 Å². The molecule has 0 N–H and O–H groups in total. The topological polar surface area (TPSA) is 3.24 Å². The zero-order chi connectivity index (χ0) is 11.8. The molecule has 0 fully saturated rings. The van der Waals surface area contributed by atoms with Gasteiger partial charge in [-0.3, -0.25) is 0 Å². The molecule has 1 aliphatic heterocycles. The van der Waals surface area contributed by atoms with Crippen LogP contribution in [-0.4, -0.2) is 17.4 Å². The van der Waals surface area contributed by atoms with Crippen LogP contribution in [0.25, 0.3) is 0 Å². The molecule has 1 nitrogen and oxygen atoms in total. The molecule has 86 valence electrons. The van der Waals surface area contributed by atoms with Crippen LogP contribution in [0.4, 0.5) is 8.78 Å². The van der Waals surface area contributed by atoms with Gasteiger partial charge in [0.15, 0.2) is 0 Å². The molecule has 0 atom stereocenters. The lowest BCUT2D eigenvalue weighted by Crippen LogP contribution is -2.25. The highest BCUT2D eigenvalue weighted by atomic mass is 35.5. The number of hydrogen-bond acceptors (Lipinski definition) is 1. The number of halogens is 4. The van der Waals surface area contributed by atoms with Gasteiger partial charge in [-0.15, -0.1) is 0 Å². The molecule has 0 unspecified atom stereocenters. The van der Waals surface area contributed by atoms with Gasteiger partial charge in [0.2, 0.25) is 0 Å². The molecule has 0 aromatic heterocycles. The summed E-state index contributed by atoms with van der Waals surface area (Å²) < 4.78 is 25.8. The normalized spacial score (nSPS) is 18.1. The molecule has 1 heterocycles. The fourth-order valence-corrected chi connectivity index (χ4v) is 1.95. The van der Waals surface area contributed by atoms with Crippen LogP contribution in [0.5, 0.6) is 0 Å². The van der Waals surface area contributed by atoms with Crippen LogP contribution < -0.4 is 0 Å². The number of nitrogens with zero attached hydrogens (tertiary/aromatic N) is 1. The second kappa shape index (κ2) is 4.22. The minimum atomic E-state index is -2.74. The SMILES string of the molecule is FC1(F)C=CN(Cc2cc(Cl)ccc2Cl)C1. The van der Waals surface area contributed by atoms with Crippen LogP contribution in [0.3, 0.4) is 0 Å². The maximum atomic E-state index is 12.9. The van der Waals surface area contributed by atoms with Crippen LogP contribution in [0.2, 0.25) is 10.0 Å². The summed E-state index contributed by atoms with van der Waals surface area (Å²) >= 11 is 11.8. The monoisotopic (exact) mass is 263 g/mol. The Labute approximate surface area is 102 Å². The third-order valence-corrected chi connectivity index (χ3v) is 2.93. The summed E-state index contributed by atoms with van der Waals surface area (Å²) in [5.74, 6) is -2.74. The Morgan fingerprint density at radius 1 is 1.31 bits per heavy atom. The molecule has 5 heteroatoms. The Hall–Kier alpha value is -0.800. The second-order valence-corrected chi connectivity index (χ2v) is 4.56. The Balaban J connectivity index is 2.11. The van der Waals surface area contributed by atoms with Gasteiger partial charge in [-0.05, 0) is 23.8 Å². The van der Waals surface area contributed by atoms with E-state index in [4.69, 9.17) is 23.2 Å². The van der Waals surface area contributed by atoms with Crippen molar-refractivity contribution in [1.82, 2.24) is 4.90 Å². The lowest BCUT2D eigenvalue weighted by molar-refractivity contribution is 0.0431. The fraction of sp³-hybridized carbons (Fsp3) is 0.273. The molecule has 1 aliphatic rings. The van der Waals surface area contributed by atoms with E-state index in [9.17, 15) is 8.78 Å². The summed E-state index contributed by atoms with van der Waals surface area (Å²) in [7, 11) is 0. The third-order valence-electron chi connectivity index (χ3n) is 2.32. The van der Waals surface area contributed by atoms with E-state index in [1.54, 1.807) is 18.2 Å². The first-order valence-electron chi connectivity index (χ1n) is 4.71. The summed E-state index contributed by atoms with van der Waals surface area (Å²) in [6, 6.07) is 5.02. The van der Waals surface area contributed by atoms with E-state index in [1.807, 2.05) is 0 Å². The first kappa shape index (κ1) is 11.7. The van der Waals surface area contributed by atoms with Gasteiger partial charge >= 0.3 is 0 Å². The molecule has 0 radical (unpaired) electrons. The zero-order valence-corrected chi connectivity index (χ0v) is 9.77. The smallest absolute Gasteiger partial charge is 0.285 e. The molecule has 0 amide bonds. The van der Waals surface area contributed by atoms with Crippen LogP contribution in [-0.2, 0) is 6.54 Å². The van der Waals surface area contributed by atoms with Gasteiger partial charge in [-0.1, -0.05) is 23.2 Å². The Morgan fingerprint density at radius 3 is 2.69 bits per heavy atom. The largest absolute Gasteiger partial charge is 0.367 e. The van der Waals surface area contributed by atoms with E-state index in [2.05, 4.69) is 0 Å². The van der Waals surface area contributed by atoms with Crippen LogP contribution >= 0.6 is 23.2 Å². The first-order valence-corrected chi connectivity index (χ1v) is 5.47. The Morgan fingerprint density at radius 2 is 2.06 bits per heavy atom. The highest BCUT2D eigenvalue weighted by Gasteiger charge is 2.32. The van der Waals surface area contributed by atoms with Gasteiger partial charge in [0, 0.05) is 28.9 Å². The van der Waals surface area contributed by atoms with E-state index < -0.39 is 5.92 Å². The summed E-state index contributed by atoms with van der Waals surface area (Å²) in [6.07, 6.45) is 2.28. The highest BCUT2D eigenvalue weighted by molar-refractivity contribution is 6.33. The van der Waals surface area contributed by atoms with Crippen LogP contribution in [0.1, 0.15) is 5.56 Å². The quantitative estimate of drug-likeness (QED) is 0.781. The maximum Gasteiger partial charge on any atom is 0.285 e. The minimum Gasteiger partial charge on any atom is -0.367 e. The van der Waals surface area contributed by atoms with E-state index in [0.717, 1.165) is 11.6 Å². The molecular weight excluding hydrogens is 255 g/mol. The van der Waals surface area contributed by atoms with Crippen molar-refractivity contribution in [2.75, 3.05) is 6.54 Å². The number of alkyl halides is 2. The van der Waals surface area contributed by atoms with Crippen molar-refractivity contribution >= 4 is 23.2 Å². The van der Waals surface area contributed by atoms with E-state index in [1.165, 1.54) is 11.1 Å². The van der Waals surface area contributed by atoms with Crippen molar-refractivity contribution in [3.05, 3.63) is 46.1 Å².